The number of rotatable bonds is 3. The van der Waals surface area contributed by atoms with Crippen molar-refractivity contribution >= 4 is 24.0 Å². The highest BCUT2D eigenvalue weighted by atomic mass is 35.5. The van der Waals surface area contributed by atoms with Crippen molar-refractivity contribution in [2.45, 2.75) is 12.8 Å². The zero-order valence-corrected chi connectivity index (χ0v) is 10.4. The van der Waals surface area contributed by atoms with Crippen LogP contribution in [-0.4, -0.2) is 29.7 Å². The number of hydrogen-bond acceptors (Lipinski definition) is 4. The Morgan fingerprint density at radius 1 is 1.38 bits per heavy atom. The molecule has 0 radical (unpaired) electrons. The topological polar surface area (TPSA) is 47.0 Å². The average molecular weight is 264 g/mol. The van der Waals surface area contributed by atoms with Crippen molar-refractivity contribution < 1.29 is 4.74 Å². The van der Waals surface area contributed by atoms with E-state index in [1.165, 1.54) is 6.20 Å². The van der Waals surface area contributed by atoms with Gasteiger partial charge in [0.2, 0.25) is 5.88 Å². The highest BCUT2D eigenvalue weighted by Crippen LogP contribution is 2.14. The maximum Gasteiger partial charge on any atom is 0.233 e. The molecule has 16 heavy (non-hydrogen) atoms. The number of piperidine rings is 1. The van der Waals surface area contributed by atoms with E-state index in [0.29, 0.717) is 23.6 Å². The number of halogens is 2. The van der Waals surface area contributed by atoms with E-state index in [9.17, 15) is 0 Å². The third-order valence-corrected chi connectivity index (χ3v) is 2.69. The van der Waals surface area contributed by atoms with Crippen molar-refractivity contribution in [2.24, 2.45) is 5.92 Å². The van der Waals surface area contributed by atoms with Crippen molar-refractivity contribution in [1.82, 2.24) is 15.3 Å². The van der Waals surface area contributed by atoms with E-state index in [1.54, 1.807) is 6.20 Å². The smallest absolute Gasteiger partial charge is 0.233 e. The summed E-state index contributed by atoms with van der Waals surface area (Å²) in [4.78, 5) is 7.94. The highest BCUT2D eigenvalue weighted by Gasteiger charge is 2.13. The molecule has 6 heteroatoms. The van der Waals surface area contributed by atoms with Gasteiger partial charge in [0.1, 0.15) is 0 Å². The monoisotopic (exact) mass is 263 g/mol. The molecule has 4 nitrogen and oxygen atoms in total. The Morgan fingerprint density at radius 2 is 2.12 bits per heavy atom. The molecule has 0 bridgehead atoms. The molecule has 1 aliphatic rings. The second-order valence-corrected chi connectivity index (χ2v) is 4.07. The van der Waals surface area contributed by atoms with Crippen LogP contribution in [0, 0.1) is 5.92 Å². The number of nitrogens with one attached hydrogen (secondary N) is 1. The molecule has 1 aromatic rings. The van der Waals surface area contributed by atoms with Crippen LogP contribution in [-0.2, 0) is 0 Å². The van der Waals surface area contributed by atoms with Gasteiger partial charge in [-0.05, 0) is 31.8 Å². The van der Waals surface area contributed by atoms with E-state index in [0.717, 1.165) is 25.9 Å². The third kappa shape index (κ3) is 4.12. The Balaban J connectivity index is 0.00000128. The fourth-order valence-electron chi connectivity index (χ4n) is 1.65. The minimum absolute atomic E-state index is 0. The number of aromatic nitrogens is 2. The summed E-state index contributed by atoms with van der Waals surface area (Å²) in [6.07, 6.45) is 5.41. The molecule has 0 unspecified atom stereocenters. The lowest BCUT2D eigenvalue weighted by Crippen LogP contribution is -2.30. The summed E-state index contributed by atoms with van der Waals surface area (Å²) in [5.41, 5.74) is 0. The predicted octanol–water partition coefficient (Wildman–Crippen LogP) is 1.93. The summed E-state index contributed by atoms with van der Waals surface area (Å²) in [7, 11) is 0. The van der Waals surface area contributed by atoms with Crippen LogP contribution in [0.4, 0.5) is 0 Å². The van der Waals surface area contributed by atoms with Crippen LogP contribution in [0.3, 0.4) is 0 Å². The predicted molar refractivity (Wildman–Crippen MR) is 65.4 cm³/mol. The second kappa shape index (κ2) is 6.89. The summed E-state index contributed by atoms with van der Waals surface area (Å²) in [5, 5.41) is 3.69. The van der Waals surface area contributed by atoms with E-state index in [-0.39, 0.29) is 12.4 Å². The van der Waals surface area contributed by atoms with Gasteiger partial charge >= 0.3 is 0 Å². The molecule has 1 fully saturated rings. The summed E-state index contributed by atoms with van der Waals surface area (Å²) < 4.78 is 5.54. The molecule has 0 saturated carbocycles. The average Bonchev–Trinajstić information content (AvgIpc) is 2.28. The first-order valence-electron chi connectivity index (χ1n) is 5.15. The van der Waals surface area contributed by atoms with Crippen LogP contribution in [0.1, 0.15) is 12.8 Å². The summed E-state index contributed by atoms with van der Waals surface area (Å²) in [6, 6.07) is 0. The van der Waals surface area contributed by atoms with Gasteiger partial charge < -0.3 is 10.1 Å². The fraction of sp³-hybridized carbons (Fsp3) is 0.600. The van der Waals surface area contributed by atoms with Crippen molar-refractivity contribution in [3.05, 3.63) is 17.5 Å². The minimum Gasteiger partial charge on any atom is -0.476 e. The lowest BCUT2D eigenvalue weighted by Gasteiger charge is -2.22. The van der Waals surface area contributed by atoms with E-state index < -0.39 is 0 Å². The zero-order valence-electron chi connectivity index (χ0n) is 8.86. The molecular weight excluding hydrogens is 249 g/mol. The molecule has 2 rings (SSSR count). The lowest BCUT2D eigenvalue weighted by molar-refractivity contribution is 0.208. The largest absolute Gasteiger partial charge is 0.476 e. The molecule has 1 aliphatic heterocycles. The van der Waals surface area contributed by atoms with Gasteiger partial charge in [0.05, 0.1) is 19.0 Å². The van der Waals surface area contributed by atoms with Crippen LogP contribution in [0.2, 0.25) is 5.15 Å². The molecule has 90 valence electrons. The SMILES string of the molecule is Cl.Clc1cncc(OCC2CCNCC2)n1. The van der Waals surface area contributed by atoms with Gasteiger partial charge in [-0.2, -0.15) is 4.98 Å². The van der Waals surface area contributed by atoms with Crippen molar-refractivity contribution in [1.29, 1.82) is 0 Å². The highest BCUT2D eigenvalue weighted by molar-refractivity contribution is 6.29. The number of hydrogen-bond donors (Lipinski definition) is 1. The number of nitrogens with zero attached hydrogens (tertiary/aromatic N) is 2. The summed E-state index contributed by atoms with van der Waals surface area (Å²) in [5.74, 6) is 1.13. The van der Waals surface area contributed by atoms with Crippen LogP contribution < -0.4 is 10.1 Å². The summed E-state index contributed by atoms with van der Waals surface area (Å²) >= 11 is 5.70. The van der Waals surface area contributed by atoms with Gasteiger partial charge in [-0.3, -0.25) is 4.98 Å². The molecular formula is C10H15Cl2N3O. The zero-order chi connectivity index (χ0) is 10.5. The molecule has 1 saturated heterocycles. The quantitative estimate of drug-likeness (QED) is 0.906. The molecule has 0 aliphatic carbocycles. The van der Waals surface area contributed by atoms with Gasteiger partial charge in [-0.15, -0.1) is 12.4 Å². The molecule has 0 spiro atoms. The van der Waals surface area contributed by atoms with Gasteiger partial charge in [-0.25, -0.2) is 0 Å². The third-order valence-electron chi connectivity index (χ3n) is 2.51. The van der Waals surface area contributed by atoms with Crippen LogP contribution >= 0.6 is 24.0 Å². The van der Waals surface area contributed by atoms with Crippen LogP contribution in [0.15, 0.2) is 12.4 Å². The standard InChI is InChI=1S/C10H14ClN3O.ClH/c11-9-5-13-6-10(14-9)15-7-8-1-3-12-4-2-8;/h5-6,8,12H,1-4,7H2;1H. The Labute approximate surface area is 106 Å². The molecule has 2 heterocycles. The Hall–Kier alpha value is -0.580. The first kappa shape index (κ1) is 13.5. The van der Waals surface area contributed by atoms with Crippen molar-refractivity contribution in [3.63, 3.8) is 0 Å². The van der Waals surface area contributed by atoms with Gasteiger partial charge in [0.15, 0.2) is 5.15 Å². The van der Waals surface area contributed by atoms with E-state index >= 15 is 0 Å². The van der Waals surface area contributed by atoms with Gasteiger partial charge in [0.25, 0.3) is 0 Å². The van der Waals surface area contributed by atoms with E-state index in [1.807, 2.05) is 0 Å². The molecule has 1 aromatic heterocycles. The van der Waals surface area contributed by atoms with Crippen LogP contribution in [0.5, 0.6) is 5.88 Å². The number of ether oxygens (including phenoxy) is 1. The van der Waals surface area contributed by atoms with E-state index in [2.05, 4.69) is 15.3 Å². The maximum absolute atomic E-state index is 5.70. The molecule has 0 atom stereocenters. The first-order chi connectivity index (χ1) is 7.34. The molecule has 0 aromatic carbocycles. The van der Waals surface area contributed by atoms with Crippen molar-refractivity contribution in [2.75, 3.05) is 19.7 Å². The maximum atomic E-state index is 5.70. The molecule has 1 N–H and O–H groups in total. The van der Waals surface area contributed by atoms with Gasteiger partial charge in [0, 0.05) is 0 Å². The van der Waals surface area contributed by atoms with Crippen molar-refractivity contribution in [3.8, 4) is 5.88 Å². The van der Waals surface area contributed by atoms with Gasteiger partial charge in [-0.1, -0.05) is 11.6 Å². The normalized spacial score (nSPS) is 16.6. The Bertz CT molecular complexity index is 319. The van der Waals surface area contributed by atoms with E-state index in [4.69, 9.17) is 16.3 Å². The lowest BCUT2D eigenvalue weighted by atomic mass is 9.99. The Morgan fingerprint density at radius 3 is 2.81 bits per heavy atom. The fourth-order valence-corrected chi connectivity index (χ4v) is 1.79. The molecule has 0 amide bonds. The first-order valence-corrected chi connectivity index (χ1v) is 5.53. The second-order valence-electron chi connectivity index (χ2n) is 3.68. The Kier molecular flexibility index (Phi) is 5.80. The summed E-state index contributed by atoms with van der Waals surface area (Å²) in [6.45, 7) is 2.86. The minimum atomic E-state index is 0. The van der Waals surface area contributed by atoms with Crippen LogP contribution in [0.25, 0.3) is 0 Å².